The lowest BCUT2D eigenvalue weighted by molar-refractivity contribution is -0.159. The predicted octanol–water partition coefficient (Wildman–Crippen LogP) is 3.89. The van der Waals surface area contributed by atoms with Crippen molar-refractivity contribution in [3.63, 3.8) is 0 Å². The van der Waals surface area contributed by atoms with Crippen LogP contribution in [0.4, 0.5) is 10.5 Å². The highest BCUT2D eigenvalue weighted by atomic mass is 16.6. The summed E-state index contributed by atoms with van der Waals surface area (Å²) in [7, 11) is 2.20. The molecule has 4 nitrogen and oxygen atoms in total. The van der Waals surface area contributed by atoms with E-state index in [4.69, 9.17) is 4.74 Å². The minimum Gasteiger partial charge on any atom is -0.446 e. The van der Waals surface area contributed by atoms with Crippen molar-refractivity contribution in [1.82, 2.24) is 4.90 Å². The topological polar surface area (TPSA) is 41.6 Å². The van der Waals surface area contributed by atoms with Gasteiger partial charge in [0, 0.05) is 29.1 Å². The first-order chi connectivity index (χ1) is 10.3. The lowest BCUT2D eigenvalue weighted by atomic mass is 9.61. The Morgan fingerprint density at radius 1 is 1.27 bits per heavy atom. The first-order valence-corrected chi connectivity index (χ1v) is 8.09. The second-order valence-corrected chi connectivity index (χ2v) is 7.49. The largest absolute Gasteiger partial charge is 0.446 e. The van der Waals surface area contributed by atoms with Crippen LogP contribution in [-0.2, 0) is 4.74 Å². The maximum absolute atomic E-state index is 12.2. The number of nitrogens with zero attached hydrogens (tertiary/aromatic N) is 1. The SMILES string of the molecule is CN1C2(C)CCC(C(OC(=O)Nc3ccccc3)C2)C1(C)C. The average molecular weight is 302 g/mol. The lowest BCUT2D eigenvalue weighted by Crippen LogP contribution is -2.70. The Labute approximate surface area is 132 Å². The summed E-state index contributed by atoms with van der Waals surface area (Å²) in [4.78, 5) is 14.7. The van der Waals surface area contributed by atoms with E-state index in [0.29, 0.717) is 5.92 Å². The van der Waals surface area contributed by atoms with E-state index in [1.165, 1.54) is 6.42 Å². The summed E-state index contributed by atoms with van der Waals surface area (Å²) in [6, 6.07) is 9.46. The van der Waals surface area contributed by atoms with Gasteiger partial charge in [0.15, 0.2) is 0 Å². The van der Waals surface area contributed by atoms with Gasteiger partial charge in [0.05, 0.1) is 0 Å². The van der Waals surface area contributed by atoms with Crippen molar-refractivity contribution in [2.24, 2.45) is 5.92 Å². The Hall–Kier alpha value is -1.55. The van der Waals surface area contributed by atoms with Gasteiger partial charge in [0.1, 0.15) is 6.10 Å². The number of carbonyl (C=O) groups excluding carboxylic acids is 1. The zero-order valence-corrected chi connectivity index (χ0v) is 13.9. The van der Waals surface area contributed by atoms with Crippen molar-refractivity contribution in [2.45, 2.75) is 57.2 Å². The molecule has 4 heteroatoms. The normalized spacial score (nSPS) is 33.5. The standard InChI is InChI=1S/C18H26N2O2/c1-17(2)14-10-11-18(3,20(17)4)12-15(14)22-16(21)19-13-8-6-5-7-9-13/h5-9,14-15H,10-12H2,1-4H3,(H,19,21). The maximum Gasteiger partial charge on any atom is 0.411 e. The lowest BCUT2D eigenvalue weighted by Gasteiger charge is -2.63. The molecule has 0 radical (unpaired) electrons. The molecular weight excluding hydrogens is 276 g/mol. The fourth-order valence-electron chi connectivity index (χ4n) is 4.32. The molecule has 1 aliphatic carbocycles. The monoisotopic (exact) mass is 302 g/mol. The smallest absolute Gasteiger partial charge is 0.411 e. The quantitative estimate of drug-likeness (QED) is 0.901. The highest BCUT2D eigenvalue weighted by Crippen LogP contribution is 2.51. The molecule has 3 aliphatic rings. The molecule has 2 aliphatic heterocycles. The molecule has 120 valence electrons. The van der Waals surface area contributed by atoms with Crippen LogP contribution in [0.25, 0.3) is 0 Å². The molecule has 1 N–H and O–H groups in total. The minimum atomic E-state index is -0.342. The number of fused-ring (bicyclic) bond motifs is 3. The van der Waals surface area contributed by atoms with Gasteiger partial charge < -0.3 is 4.74 Å². The van der Waals surface area contributed by atoms with Gasteiger partial charge in [0.2, 0.25) is 0 Å². The molecule has 2 saturated heterocycles. The summed E-state index contributed by atoms with van der Waals surface area (Å²) in [5.41, 5.74) is 0.954. The molecule has 22 heavy (non-hydrogen) atoms. The van der Waals surface area contributed by atoms with Gasteiger partial charge in [-0.3, -0.25) is 10.2 Å². The summed E-state index contributed by atoms with van der Waals surface area (Å²) in [5, 5.41) is 2.83. The van der Waals surface area contributed by atoms with E-state index in [9.17, 15) is 4.79 Å². The molecule has 0 aromatic heterocycles. The van der Waals surface area contributed by atoms with Crippen LogP contribution in [0, 0.1) is 5.92 Å². The number of hydrogen-bond acceptors (Lipinski definition) is 3. The van der Waals surface area contributed by atoms with Crippen molar-refractivity contribution in [2.75, 3.05) is 12.4 Å². The Balaban J connectivity index is 1.70. The molecular formula is C18H26N2O2. The molecule has 2 heterocycles. The Morgan fingerprint density at radius 2 is 1.95 bits per heavy atom. The molecule has 3 unspecified atom stereocenters. The number of amides is 1. The maximum atomic E-state index is 12.2. The zero-order valence-electron chi connectivity index (χ0n) is 13.9. The fraction of sp³-hybridized carbons (Fsp3) is 0.611. The van der Waals surface area contributed by atoms with E-state index in [-0.39, 0.29) is 23.3 Å². The van der Waals surface area contributed by atoms with Gasteiger partial charge in [-0.2, -0.15) is 0 Å². The summed E-state index contributed by atoms with van der Waals surface area (Å²) >= 11 is 0. The van der Waals surface area contributed by atoms with Gasteiger partial charge in [-0.1, -0.05) is 18.2 Å². The Kier molecular flexibility index (Phi) is 3.68. The molecule has 1 amide bonds. The minimum absolute atomic E-state index is 0.00587. The second-order valence-electron chi connectivity index (χ2n) is 7.49. The number of carbonyl (C=O) groups is 1. The summed E-state index contributed by atoms with van der Waals surface area (Å²) < 4.78 is 5.80. The van der Waals surface area contributed by atoms with Crippen LogP contribution in [0.5, 0.6) is 0 Å². The van der Waals surface area contributed by atoms with E-state index >= 15 is 0 Å². The molecule has 1 aromatic rings. The van der Waals surface area contributed by atoms with E-state index < -0.39 is 0 Å². The highest BCUT2D eigenvalue weighted by molar-refractivity contribution is 5.84. The summed E-state index contributed by atoms with van der Waals surface area (Å²) in [5.74, 6) is 0.390. The second kappa shape index (κ2) is 5.27. The Bertz CT molecular complexity index is 553. The number of rotatable bonds is 2. The average Bonchev–Trinajstić information content (AvgIpc) is 2.45. The molecule has 1 aromatic carbocycles. The third-order valence-corrected chi connectivity index (χ3v) is 5.94. The van der Waals surface area contributed by atoms with Crippen LogP contribution in [0.2, 0.25) is 0 Å². The van der Waals surface area contributed by atoms with Crippen LogP contribution >= 0.6 is 0 Å². The van der Waals surface area contributed by atoms with Crippen molar-refractivity contribution >= 4 is 11.8 Å². The highest BCUT2D eigenvalue weighted by Gasteiger charge is 2.57. The Morgan fingerprint density at radius 3 is 2.59 bits per heavy atom. The predicted molar refractivity (Wildman–Crippen MR) is 87.9 cm³/mol. The molecule has 4 rings (SSSR count). The summed E-state index contributed by atoms with van der Waals surface area (Å²) in [6.07, 6.45) is 2.87. The van der Waals surface area contributed by atoms with Crippen LogP contribution in [0.1, 0.15) is 40.0 Å². The van der Waals surface area contributed by atoms with E-state index in [1.54, 1.807) is 0 Å². The summed E-state index contributed by atoms with van der Waals surface area (Å²) in [6.45, 7) is 6.81. The van der Waals surface area contributed by atoms with E-state index in [0.717, 1.165) is 18.5 Å². The fourth-order valence-corrected chi connectivity index (χ4v) is 4.32. The third kappa shape index (κ3) is 2.50. The molecule has 0 spiro atoms. The number of hydrogen-bond donors (Lipinski definition) is 1. The number of nitrogens with one attached hydrogen (secondary N) is 1. The van der Waals surface area contributed by atoms with Gasteiger partial charge >= 0.3 is 6.09 Å². The van der Waals surface area contributed by atoms with Gasteiger partial charge in [-0.15, -0.1) is 0 Å². The number of piperidine rings is 2. The van der Waals surface area contributed by atoms with Crippen LogP contribution in [-0.4, -0.2) is 35.2 Å². The van der Waals surface area contributed by atoms with Gasteiger partial charge in [-0.25, -0.2) is 4.79 Å². The van der Waals surface area contributed by atoms with Crippen molar-refractivity contribution < 1.29 is 9.53 Å². The first kappa shape index (κ1) is 15.3. The van der Waals surface area contributed by atoms with Crippen molar-refractivity contribution in [3.8, 4) is 0 Å². The van der Waals surface area contributed by atoms with Crippen LogP contribution in [0.15, 0.2) is 30.3 Å². The van der Waals surface area contributed by atoms with Crippen molar-refractivity contribution in [3.05, 3.63) is 30.3 Å². The number of ether oxygens (including phenoxy) is 1. The molecule has 3 atom stereocenters. The molecule has 1 saturated carbocycles. The molecule has 3 fully saturated rings. The van der Waals surface area contributed by atoms with Crippen LogP contribution in [0.3, 0.4) is 0 Å². The number of benzene rings is 1. The zero-order chi connectivity index (χ0) is 16.0. The van der Waals surface area contributed by atoms with E-state index in [2.05, 4.69) is 38.0 Å². The number of para-hydroxylation sites is 1. The number of anilines is 1. The van der Waals surface area contributed by atoms with Gasteiger partial charge in [-0.05, 0) is 52.8 Å². The molecule has 2 bridgehead atoms. The van der Waals surface area contributed by atoms with E-state index in [1.807, 2.05) is 30.3 Å². The van der Waals surface area contributed by atoms with Gasteiger partial charge in [0.25, 0.3) is 0 Å². The van der Waals surface area contributed by atoms with Crippen LogP contribution < -0.4 is 5.32 Å². The third-order valence-electron chi connectivity index (χ3n) is 5.94. The first-order valence-electron chi connectivity index (χ1n) is 8.09. The van der Waals surface area contributed by atoms with Crippen molar-refractivity contribution in [1.29, 1.82) is 0 Å².